The zero-order chi connectivity index (χ0) is 10.3. The van der Waals surface area contributed by atoms with Crippen LogP contribution in [0.4, 0.5) is 0 Å². The predicted molar refractivity (Wildman–Crippen MR) is 55.1 cm³/mol. The molecule has 80 valence electrons. The van der Waals surface area contributed by atoms with Crippen LogP contribution in [-0.4, -0.2) is 46.4 Å². The summed E-state index contributed by atoms with van der Waals surface area (Å²) in [4.78, 5) is 0. The van der Waals surface area contributed by atoms with Gasteiger partial charge < -0.3 is 13.3 Å². The molecule has 0 fully saturated rings. The van der Waals surface area contributed by atoms with E-state index in [1.165, 1.54) is 0 Å². The molecule has 0 rings (SSSR count). The molecule has 6 heteroatoms. The average molecular weight is 226 g/mol. The third kappa shape index (κ3) is 4.87. The molecule has 1 atom stereocenters. The molecule has 0 aliphatic heterocycles. The smallest absolute Gasteiger partial charge is 0.377 e. The highest BCUT2D eigenvalue weighted by Gasteiger charge is 2.36. The van der Waals surface area contributed by atoms with E-state index in [0.717, 1.165) is 12.5 Å². The van der Waals surface area contributed by atoms with E-state index in [9.17, 15) is 4.21 Å². The molecule has 0 unspecified atom stereocenters. The van der Waals surface area contributed by atoms with Crippen molar-refractivity contribution in [3.05, 3.63) is 0 Å². The summed E-state index contributed by atoms with van der Waals surface area (Å²) >= 11 is 0. The molecule has 0 spiro atoms. The highest BCUT2D eigenvalue weighted by atomic mass is 32.2. The Labute approximate surface area is 83.4 Å². The maximum absolute atomic E-state index is 10.8. The highest BCUT2D eigenvalue weighted by Crippen LogP contribution is 2.14. The van der Waals surface area contributed by atoms with Gasteiger partial charge in [0.1, 0.15) is 0 Å². The quantitative estimate of drug-likeness (QED) is 0.597. The van der Waals surface area contributed by atoms with E-state index in [1.54, 1.807) is 27.6 Å². The Kier molecular flexibility index (Phi) is 6.79. The molecule has 0 aromatic carbocycles. The number of rotatable bonds is 7. The Bertz CT molecular complexity index is 152. The van der Waals surface area contributed by atoms with Gasteiger partial charge in [-0.15, -0.1) is 0 Å². The van der Waals surface area contributed by atoms with Gasteiger partial charge in [0.05, 0.1) is 0 Å². The Morgan fingerprint density at radius 2 is 1.62 bits per heavy atom. The molecule has 0 heterocycles. The second-order valence-corrected chi connectivity index (χ2v) is 7.32. The molecule has 0 saturated heterocycles. The molecule has 4 nitrogen and oxygen atoms in total. The van der Waals surface area contributed by atoms with Gasteiger partial charge in [0.25, 0.3) is 0 Å². The Morgan fingerprint density at radius 3 is 1.92 bits per heavy atom. The summed E-state index contributed by atoms with van der Waals surface area (Å²) in [7, 11) is 1.59. The van der Waals surface area contributed by atoms with Crippen LogP contribution in [0.3, 0.4) is 0 Å². The fraction of sp³-hybridized carbons (Fsp3) is 1.00. The van der Waals surface area contributed by atoms with Crippen molar-refractivity contribution < 1.29 is 17.5 Å². The van der Waals surface area contributed by atoms with Crippen LogP contribution in [0.1, 0.15) is 6.42 Å². The maximum Gasteiger partial charge on any atom is 0.500 e. The van der Waals surface area contributed by atoms with Crippen molar-refractivity contribution in [1.82, 2.24) is 0 Å². The van der Waals surface area contributed by atoms with Crippen LogP contribution in [0, 0.1) is 0 Å². The van der Waals surface area contributed by atoms with Gasteiger partial charge in [-0.25, -0.2) is 0 Å². The summed E-state index contributed by atoms with van der Waals surface area (Å²) in [5.74, 6) is 0.671. The molecule has 0 aliphatic carbocycles. The summed E-state index contributed by atoms with van der Waals surface area (Å²) < 4.78 is 26.4. The van der Waals surface area contributed by atoms with E-state index >= 15 is 0 Å². The molecule has 13 heavy (non-hydrogen) atoms. The van der Waals surface area contributed by atoms with Crippen molar-refractivity contribution in [3.8, 4) is 0 Å². The monoisotopic (exact) mass is 226 g/mol. The first-order valence-electron chi connectivity index (χ1n) is 4.05. The second-order valence-electron chi connectivity index (χ2n) is 2.68. The summed E-state index contributed by atoms with van der Waals surface area (Å²) in [6, 6.07) is 0.718. The largest absolute Gasteiger partial charge is 0.500 e. The lowest BCUT2D eigenvalue weighted by molar-refractivity contribution is 0.123. The minimum absolute atomic E-state index is 0.671. The van der Waals surface area contributed by atoms with Crippen molar-refractivity contribution in [1.29, 1.82) is 0 Å². The van der Waals surface area contributed by atoms with E-state index in [-0.39, 0.29) is 0 Å². The summed E-state index contributed by atoms with van der Waals surface area (Å²) in [6.07, 6.45) is 2.50. The van der Waals surface area contributed by atoms with E-state index < -0.39 is 19.6 Å². The van der Waals surface area contributed by atoms with Crippen molar-refractivity contribution >= 4 is 19.6 Å². The molecule has 0 aromatic heterocycles. The molecule has 0 aliphatic rings. The van der Waals surface area contributed by atoms with E-state index in [4.69, 9.17) is 13.3 Å². The first-order valence-corrected chi connectivity index (χ1v) is 7.71. The minimum Gasteiger partial charge on any atom is -0.377 e. The van der Waals surface area contributed by atoms with Gasteiger partial charge in [-0.1, -0.05) is 0 Å². The van der Waals surface area contributed by atoms with Gasteiger partial charge >= 0.3 is 8.80 Å². The zero-order valence-electron chi connectivity index (χ0n) is 8.66. The normalized spacial score (nSPS) is 14.5. The van der Waals surface area contributed by atoms with Crippen LogP contribution in [0.15, 0.2) is 0 Å². The van der Waals surface area contributed by atoms with Gasteiger partial charge in [0.2, 0.25) is 0 Å². The van der Waals surface area contributed by atoms with Gasteiger partial charge in [0, 0.05) is 50.2 Å². The molecular formula is C7H18O4SSi. The maximum atomic E-state index is 10.8. The van der Waals surface area contributed by atoms with Gasteiger partial charge in [0.15, 0.2) is 0 Å². The topological polar surface area (TPSA) is 44.8 Å². The Hall–Kier alpha value is 0.247. The van der Waals surface area contributed by atoms with Crippen LogP contribution in [0.25, 0.3) is 0 Å². The second kappa shape index (κ2) is 6.66. The van der Waals surface area contributed by atoms with E-state index in [2.05, 4.69) is 0 Å². The lowest BCUT2D eigenvalue weighted by atomic mass is 10.6. The van der Waals surface area contributed by atoms with Crippen LogP contribution < -0.4 is 0 Å². The first-order chi connectivity index (χ1) is 6.10. The Balaban J connectivity index is 3.88. The molecule has 0 bridgehead atoms. The molecular weight excluding hydrogens is 208 g/mol. The fourth-order valence-electron chi connectivity index (χ4n) is 1.05. The standard InChI is InChI=1S/C7H18O4SSi/c1-9-13(10-2,11-3)7-5-6-12(4)8/h5-7H2,1-4H3/t12-/m1/s1. The number of hydrogen-bond donors (Lipinski definition) is 0. The Morgan fingerprint density at radius 1 is 1.15 bits per heavy atom. The average Bonchev–Trinajstić information content (AvgIpc) is 2.13. The van der Waals surface area contributed by atoms with Crippen LogP contribution in [-0.2, 0) is 24.1 Å². The van der Waals surface area contributed by atoms with E-state index in [0.29, 0.717) is 5.75 Å². The lowest BCUT2D eigenvalue weighted by Crippen LogP contribution is -2.42. The highest BCUT2D eigenvalue weighted by molar-refractivity contribution is 7.84. The van der Waals surface area contributed by atoms with Crippen molar-refractivity contribution in [2.75, 3.05) is 33.3 Å². The third-order valence-electron chi connectivity index (χ3n) is 1.85. The zero-order valence-corrected chi connectivity index (χ0v) is 10.5. The van der Waals surface area contributed by atoms with E-state index in [1.807, 2.05) is 0 Å². The van der Waals surface area contributed by atoms with Gasteiger partial charge in [-0.3, -0.25) is 4.21 Å². The predicted octanol–water partition coefficient (Wildman–Crippen LogP) is 0.633. The van der Waals surface area contributed by atoms with Crippen LogP contribution in [0.2, 0.25) is 6.04 Å². The minimum atomic E-state index is -2.42. The van der Waals surface area contributed by atoms with Crippen molar-refractivity contribution in [2.24, 2.45) is 0 Å². The molecule has 0 amide bonds. The molecule has 0 N–H and O–H groups in total. The molecule has 0 aromatic rings. The van der Waals surface area contributed by atoms with Crippen molar-refractivity contribution in [3.63, 3.8) is 0 Å². The molecule has 0 saturated carbocycles. The van der Waals surface area contributed by atoms with Gasteiger partial charge in [-0.2, -0.15) is 0 Å². The lowest BCUT2D eigenvalue weighted by Gasteiger charge is -2.23. The van der Waals surface area contributed by atoms with Crippen molar-refractivity contribution in [2.45, 2.75) is 12.5 Å². The fourth-order valence-corrected chi connectivity index (χ4v) is 3.58. The number of hydrogen-bond acceptors (Lipinski definition) is 4. The third-order valence-corrected chi connectivity index (χ3v) is 5.54. The molecule has 0 radical (unpaired) electrons. The first kappa shape index (κ1) is 13.2. The summed E-state index contributed by atoms with van der Waals surface area (Å²) in [5.41, 5.74) is 0. The SMILES string of the molecule is CO[Si](CCC[S@@](C)=O)(OC)OC. The summed E-state index contributed by atoms with van der Waals surface area (Å²) in [6.45, 7) is 0. The van der Waals surface area contributed by atoms with Crippen LogP contribution in [0.5, 0.6) is 0 Å². The van der Waals surface area contributed by atoms with Crippen LogP contribution >= 0.6 is 0 Å². The summed E-state index contributed by atoms with van der Waals surface area (Å²) in [5, 5.41) is 0. The van der Waals surface area contributed by atoms with Gasteiger partial charge in [-0.05, 0) is 6.42 Å².